The molecule has 0 aromatic carbocycles. The largest absolute Gasteiger partial charge is 0.222 e. The zero-order valence-electron chi connectivity index (χ0n) is 10.1. The number of rotatable bonds is 2. The van der Waals surface area contributed by atoms with Crippen LogP contribution in [0.2, 0.25) is 0 Å². The SMILES string of the molecule is Cc1ccn(-c2cc(-n3ccc(C)n3)ncn2)n1. The van der Waals surface area contributed by atoms with Crippen molar-refractivity contribution in [2.24, 2.45) is 0 Å². The summed E-state index contributed by atoms with van der Waals surface area (Å²) in [6, 6.07) is 5.71. The predicted octanol–water partition coefficient (Wildman–Crippen LogP) is 1.46. The number of aryl methyl sites for hydroxylation is 2. The number of hydrogen-bond acceptors (Lipinski definition) is 4. The summed E-state index contributed by atoms with van der Waals surface area (Å²) in [5.41, 5.74) is 1.90. The van der Waals surface area contributed by atoms with E-state index >= 15 is 0 Å². The van der Waals surface area contributed by atoms with Gasteiger partial charge in [0.05, 0.1) is 11.4 Å². The van der Waals surface area contributed by atoms with Crippen molar-refractivity contribution in [3.63, 3.8) is 0 Å². The quantitative estimate of drug-likeness (QED) is 0.680. The molecule has 6 heteroatoms. The van der Waals surface area contributed by atoms with Crippen LogP contribution in [-0.4, -0.2) is 29.5 Å². The Kier molecular flexibility index (Phi) is 2.40. The van der Waals surface area contributed by atoms with E-state index < -0.39 is 0 Å². The first-order chi connectivity index (χ1) is 8.72. The van der Waals surface area contributed by atoms with Crippen LogP contribution in [0.15, 0.2) is 36.9 Å². The van der Waals surface area contributed by atoms with Gasteiger partial charge in [-0.05, 0) is 26.0 Å². The molecular formula is C12H12N6. The third-order valence-corrected chi connectivity index (χ3v) is 2.55. The van der Waals surface area contributed by atoms with Gasteiger partial charge in [0, 0.05) is 18.5 Å². The summed E-state index contributed by atoms with van der Waals surface area (Å²) in [4.78, 5) is 8.41. The van der Waals surface area contributed by atoms with Gasteiger partial charge in [-0.25, -0.2) is 19.3 Å². The molecule has 0 unspecified atom stereocenters. The van der Waals surface area contributed by atoms with Crippen LogP contribution in [0.4, 0.5) is 0 Å². The molecule has 0 spiro atoms. The average Bonchev–Trinajstić information content (AvgIpc) is 2.98. The Morgan fingerprint density at radius 1 is 0.833 bits per heavy atom. The fraction of sp³-hybridized carbons (Fsp3) is 0.167. The molecule has 0 saturated carbocycles. The van der Waals surface area contributed by atoms with E-state index in [1.165, 1.54) is 6.33 Å². The molecule has 0 bridgehead atoms. The molecule has 0 aliphatic rings. The molecule has 6 nitrogen and oxygen atoms in total. The lowest BCUT2D eigenvalue weighted by Gasteiger charge is -2.03. The number of nitrogens with zero attached hydrogens (tertiary/aromatic N) is 6. The summed E-state index contributed by atoms with van der Waals surface area (Å²) in [7, 11) is 0. The average molecular weight is 240 g/mol. The van der Waals surface area contributed by atoms with Crippen molar-refractivity contribution in [3.05, 3.63) is 48.3 Å². The zero-order valence-corrected chi connectivity index (χ0v) is 10.1. The van der Waals surface area contributed by atoms with Crippen molar-refractivity contribution in [1.29, 1.82) is 0 Å². The number of aromatic nitrogens is 6. The van der Waals surface area contributed by atoms with E-state index in [9.17, 15) is 0 Å². The van der Waals surface area contributed by atoms with Gasteiger partial charge < -0.3 is 0 Å². The fourth-order valence-electron chi connectivity index (χ4n) is 1.67. The molecule has 3 rings (SSSR count). The summed E-state index contributed by atoms with van der Waals surface area (Å²) in [6.07, 6.45) is 5.25. The van der Waals surface area contributed by atoms with Crippen LogP contribution >= 0.6 is 0 Å². The van der Waals surface area contributed by atoms with E-state index in [1.807, 2.05) is 44.4 Å². The van der Waals surface area contributed by atoms with Gasteiger partial charge >= 0.3 is 0 Å². The highest BCUT2D eigenvalue weighted by Gasteiger charge is 2.04. The van der Waals surface area contributed by atoms with E-state index in [0.717, 1.165) is 23.0 Å². The van der Waals surface area contributed by atoms with Gasteiger partial charge in [0.15, 0.2) is 11.6 Å². The summed E-state index contributed by atoms with van der Waals surface area (Å²) < 4.78 is 3.44. The highest BCUT2D eigenvalue weighted by atomic mass is 15.3. The van der Waals surface area contributed by atoms with E-state index in [-0.39, 0.29) is 0 Å². The van der Waals surface area contributed by atoms with Crippen molar-refractivity contribution < 1.29 is 0 Å². The van der Waals surface area contributed by atoms with Crippen molar-refractivity contribution in [1.82, 2.24) is 29.5 Å². The number of hydrogen-bond donors (Lipinski definition) is 0. The lowest BCUT2D eigenvalue weighted by atomic mass is 10.5. The Hall–Kier alpha value is -2.50. The molecule has 3 aromatic heterocycles. The minimum atomic E-state index is 0.723. The molecule has 0 aliphatic carbocycles. The highest BCUT2D eigenvalue weighted by molar-refractivity contribution is 5.31. The second-order valence-corrected chi connectivity index (χ2v) is 4.04. The Labute approximate surface area is 104 Å². The molecule has 0 amide bonds. The Morgan fingerprint density at radius 2 is 1.33 bits per heavy atom. The maximum absolute atomic E-state index is 4.32. The maximum Gasteiger partial charge on any atom is 0.158 e. The second kappa shape index (κ2) is 4.06. The van der Waals surface area contributed by atoms with E-state index in [1.54, 1.807) is 9.36 Å². The van der Waals surface area contributed by atoms with Gasteiger partial charge in [0.2, 0.25) is 0 Å². The van der Waals surface area contributed by atoms with Crippen molar-refractivity contribution in [3.8, 4) is 11.6 Å². The highest BCUT2D eigenvalue weighted by Crippen LogP contribution is 2.08. The van der Waals surface area contributed by atoms with Crippen LogP contribution in [0.1, 0.15) is 11.4 Å². The van der Waals surface area contributed by atoms with Gasteiger partial charge in [-0.2, -0.15) is 10.2 Å². The van der Waals surface area contributed by atoms with Crippen molar-refractivity contribution >= 4 is 0 Å². The van der Waals surface area contributed by atoms with Crippen LogP contribution in [0.3, 0.4) is 0 Å². The first-order valence-corrected chi connectivity index (χ1v) is 5.60. The maximum atomic E-state index is 4.32. The minimum absolute atomic E-state index is 0.723. The lowest BCUT2D eigenvalue weighted by Crippen LogP contribution is -2.04. The van der Waals surface area contributed by atoms with Crippen LogP contribution in [0, 0.1) is 13.8 Å². The molecule has 0 fully saturated rings. The standard InChI is InChI=1S/C12H12N6/c1-9-3-5-17(15-9)11-7-12(14-8-13-11)18-6-4-10(2)16-18/h3-8H,1-2H3. The predicted molar refractivity (Wildman–Crippen MR) is 65.8 cm³/mol. The van der Waals surface area contributed by atoms with Crippen molar-refractivity contribution in [2.45, 2.75) is 13.8 Å². The first-order valence-electron chi connectivity index (χ1n) is 5.60. The molecule has 90 valence electrons. The van der Waals surface area contributed by atoms with Gasteiger partial charge in [0.1, 0.15) is 6.33 Å². The normalized spacial score (nSPS) is 10.8. The lowest BCUT2D eigenvalue weighted by molar-refractivity contribution is 0.792. The first kappa shape index (κ1) is 10.6. The van der Waals surface area contributed by atoms with Gasteiger partial charge in [0.25, 0.3) is 0 Å². The van der Waals surface area contributed by atoms with Crippen LogP contribution in [-0.2, 0) is 0 Å². The molecular weight excluding hydrogens is 228 g/mol. The Morgan fingerprint density at radius 3 is 1.72 bits per heavy atom. The molecule has 0 atom stereocenters. The summed E-state index contributed by atoms with van der Waals surface area (Å²) in [5.74, 6) is 1.45. The third kappa shape index (κ3) is 1.88. The molecule has 0 radical (unpaired) electrons. The molecule has 3 heterocycles. The monoisotopic (exact) mass is 240 g/mol. The summed E-state index contributed by atoms with van der Waals surface area (Å²) in [5, 5.41) is 8.64. The van der Waals surface area contributed by atoms with Crippen LogP contribution in [0.25, 0.3) is 11.6 Å². The topological polar surface area (TPSA) is 61.4 Å². The van der Waals surface area contributed by atoms with E-state index in [0.29, 0.717) is 0 Å². The van der Waals surface area contributed by atoms with Gasteiger partial charge in [-0.15, -0.1) is 0 Å². The van der Waals surface area contributed by atoms with Gasteiger partial charge in [-0.3, -0.25) is 0 Å². The van der Waals surface area contributed by atoms with Gasteiger partial charge in [-0.1, -0.05) is 0 Å². The molecule has 0 saturated heterocycles. The molecule has 18 heavy (non-hydrogen) atoms. The minimum Gasteiger partial charge on any atom is -0.222 e. The van der Waals surface area contributed by atoms with E-state index in [2.05, 4.69) is 20.2 Å². The van der Waals surface area contributed by atoms with Crippen LogP contribution < -0.4 is 0 Å². The smallest absolute Gasteiger partial charge is 0.158 e. The molecule has 0 aliphatic heterocycles. The Bertz CT molecular complexity index is 626. The van der Waals surface area contributed by atoms with E-state index in [4.69, 9.17) is 0 Å². The fourth-order valence-corrected chi connectivity index (χ4v) is 1.67. The summed E-state index contributed by atoms with van der Waals surface area (Å²) >= 11 is 0. The molecule has 3 aromatic rings. The zero-order chi connectivity index (χ0) is 12.5. The third-order valence-electron chi connectivity index (χ3n) is 2.55. The van der Waals surface area contributed by atoms with Crippen molar-refractivity contribution in [2.75, 3.05) is 0 Å². The van der Waals surface area contributed by atoms with Crippen LogP contribution in [0.5, 0.6) is 0 Å². The second-order valence-electron chi connectivity index (χ2n) is 4.04. The summed E-state index contributed by atoms with van der Waals surface area (Å²) in [6.45, 7) is 3.88. The Balaban J connectivity index is 2.04. The molecule has 0 N–H and O–H groups in total.